The van der Waals surface area contributed by atoms with Gasteiger partial charge in [0.1, 0.15) is 0 Å². The molecule has 2 heterocycles. The van der Waals surface area contributed by atoms with Gasteiger partial charge in [-0.2, -0.15) is 11.8 Å². The van der Waals surface area contributed by atoms with Crippen molar-refractivity contribution in [1.82, 2.24) is 9.80 Å². The lowest BCUT2D eigenvalue weighted by atomic mass is 10.1. The van der Waals surface area contributed by atoms with E-state index >= 15 is 0 Å². The van der Waals surface area contributed by atoms with Gasteiger partial charge in [0.2, 0.25) is 0 Å². The molecule has 2 rings (SSSR count). The largest absolute Gasteiger partial charge is 0.370 e. The zero-order valence-corrected chi connectivity index (χ0v) is 15.7. The summed E-state index contributed by atoms with van der Waals surface area (Å²) in [6, 6.07) is 0.647. The Kier molecular flexibility index (Phi) is 9.28. The maximum Gasteiger partial charge on any atom is 0.191 e. The van der Waals surface area contributed by atoms with Gasteiger partial charge in [-0.1, -0.05) is 6.42 Å². The molecule has 0 saturated carbocycles. The molecule has 2 aliphatic rings. The third kappa shape index (κ3) is 5.97. The van der Waals surface area contributed by atoms with Crippen molar-refractivity contribution in [3.63, 3.8) is 0 Å². The Bertz CT molecular complexity index is 289. The van der Waals surface area contributed by atoms with Crippen LogP contribution in [0.1, 0.15) is 32.6 Å². The lowest BCUT2D eigenvalue weighted by Crippen LogP contribution is -2.43. The first-order valence-corrected chi connectivity index (χ1v) is 8.79. The van der Waals surface area contributed by atoms with Crippen molar-refractivity contribution in [3.8, 4) is 0 Å². The van der Waals surface area contributed by atoms with E-state index in [1.165, 1.54) is 43.9 Å². The molecule has 0 aromatic carbocycles. The molecule has 0 bridgehead atoms. The van der Waals surface area contributed by atoms with Gasteiger partial charge in [0, 0.05) is 37.2 Å². The molecule has 118 valence electrons. The molecule has 2 saturated heterocycles. The van der Waals surface area contributed by atoms with Crippen molar-refractivity contribution >= 4 is 41.7 Å². The minimum Gasteiger partial charge on any atom is -0.370 e. The second-order valence-corrected chi connectivity index (χ2v) is 6.80. The molecular weight excluding hydrogens is 383 g/mol. The Morgan fingerprint density at radius 3 is 2.45 bits per heavy atom. The second kappa shape index (κ2) is 10.1. The standard InChI is InChI=1S/C14H28N4S.HI/c1-13(17-7-3-2-4-8-17)5-6-16-14(15)18-9-11-19-12-10-18;/h13H,2-12H2,1H3,(H2,15,16);1H. The number of guanidine groups is 1. The zero-order chi connectivity index (χ0) is 13.5. The number of nitrogens with zero attached hydrogens (tertiary/aromatic N) is 3. The number of halogens is 1. The van der Waals surface area contributed by atoms with E-state index in [-0.39, 0.29) is 24.0 Å². The van der Waals surface area contributed by atoms with Gasteiger partial charge in [0.25, 0.3) is 0 Å². The number of aliphatic imine (C=N–C) groups is 1. The highest BCUT2D eigenvalue weighted by atomic mass is 127. The Hall–Kier alpha value is 0.310. The quantitative estimate of drug-likeness (QED) is 0.437. The van der Waals surface area contributed by atoms with Crippen molar-refractivity contribution in [3.05, 3.63) is 0 Å². The topological polar surface area (TPSA) is 44.9 Å². The molecule has 20 heavy (non-hydrogen) atoms. The van der Waals surface area contributed by atoms with E-state index in [1.54, 1.807) is 0 Å². The van der Waals surface area contributed by atoms with Crippen LogP contribution in [0.3, 0.4) is 0 Å². The van der Waals surface area contributed by atoms with Crippen molar-refractivity contribution in [2.75, 3.05) is 44.2 Å². The minimum absolute atomic E-state index is 0. The first kappa shape index (κ1) is 18.4. The van der Waals surface area contributed by atoms with E-state index in [9.17, 15) is 0 Å². The fourth-order valence-electron chi connectivity index (χ4n) is 2.80. The molecule has 4 nitrogen and oxygen atoms in total. The molecule has 0 aromatic heterocycles. The predicted octanol–water partition coefficient (Wildman–Crippen LogP) is 2.23. The summed E-state index contributed by atoms with van der Waals surface area (Å²) >= 11 is 2.00. The highest BCUT2D eigenvalue weighted by Gasteiger charge is 2.16. The predicted molar refractivity (Wildman–Crippen MR) is 100 cm³/mol. The Morgan fingerprint density at radius 2 is 1.80 bits per heavy atom. The van der Waals surface area contributed by atoms with E-state index in [4.69, 9.17) is 5.73 Å². The molecule has 0 aliphatic carbocycles. The first-order valence-electron chi connectivity index (χ1n) is 7.64. The summed E-state index contributed by atoms with van der Waals surface area (Å²) in [7, 11) is 0. The van der Waals surface area contributed by atoms with E-state index in [1.807, 2.05) is 11.8 Å². The first-order chi connectivity index (χ1) is 9.27. The van der Waals surface area contributed by atoms with Crippen molar-refractivity contribution in [2.45, 2.75) is 38.6 Å². The molecule has 6 heteroatoms. The second-order valence-electron chi connectivity index (χ2n) is 5.57. The van der Waals surface area contributed by atoms with E-state index < -0.39 is 0 Å². The van der Waals surface area contributed by atoms with Gasteiger partial charge >= 0.3 is 0 Å². The molecule has 2 aliphatic heterocycles. The number of thioether (sulfide) groups is 1. The summed E-state index contributed by atoms with van der Waals surface area (Å²) in [5.41, 5.74) is 6.07. The normalized spacial score (nSPS) is 23.2. The highest BCUT2D eigenvalue weighted by molar-refractivity contribution is 14.0. The molecule has 2 N–H and O–H groups in total. The van der Waals surface area contributed by atoms with Crippen LogP contribution in [0.5, 0.6) is 0 Å². The van der Waals surface area contributed by atoms with Crippen LogP contribution in [0, 0.1) is 0 Å². The van der Waals surface area contributed by atoms with Gasteiger partial charge in [0.15, 0.2) is 5.96 Å². The average Bonchev–Trinajstić information content (AvgIpc) is 2.49. The number of hydrogen-bond acceptors (Lipinski definition) is 3. The maximum atomic E-state index is 6.07. The van der Waals surface area contributed by atoms with Crippen LogP contribution in [-0.4, -0.2) is 66.0 Å². The van der Waals surface area contributed by atoms with E-state index in [2.05, 4.69) is 21.7 Å². The van der Waals surface area contributed by atoms with Crippen molar-refractivity contribution < 1.29 is 0 Å². The summed E-state index contributed by atoms with van der Waals surface area (Å²) in [6.07, 6.45) is 5.26. The summed E-state index contributed by atoms with van der Waals surface area (Å²) in [4.78, 5) is 9.40. The van der Waals surface area contributed by atoms with Crippen molar-refractivity contribution in [2.24, 2.45) is 10.7 Å². The zero-order valence-electron chi connectivity index (χ0n) is 12.6. The SMILES string of the molecule is CC(CCN=C(N)N1CCSCC1)N1CCCCC1.I. The van der Waals surface area contributed by atoms with Crippen LogP contribution < -0.4 is 5.73 Å². The molecule has 1 unspecified atom stereocenters. The number of nitrogens with two attached hydrogens (primary N) is 1. The Morgan fingerprint density at radius 1 is 1.15 bits per heavy atom. The molecule has 0 spiro atoms. The lowest BCUT2D eigenvalue weighted by molar-refractivity contribution is 0.168. The highest BCUT2D eigenvalue weighted by Crippen LogP contribution is 2.14. The number of piperidine rings is 1. The van der Waals surface area contributed by atoms with Crippen LogP contribution >= 0.6 is 35.7 Å². The molecular formula is C14H29IN4S. The van der Waals surface area contributed by atoms with Gasteiger partial charge < -0.3 is 15.5 Å². The summed E-state index contributed by atoms with van der Waals surface area (Å²) < 4.78 is 0. The number of rotatable bonds is 4. The smallest absolute Gasteiger partial charge is 0.191 e. The molecule has 0 amide bonds. The fraction of sp³-hybridized carbons (Fsp3) is 0.929. The Labute approximate surface area is 144 Å². The third-order valence-corrected chi connectivity index (χ3v) is 5.11. The number of hydrogen-bond donors (Lipinski definition) is 1. The summed E-state index contributed by atoms with van der Waals surface area (Å²) in [5.74, 6) is 3.12. The van der Waals surface area contributed by atoms with Gasteiger partial charge in [-0.15, -0.1) is 24.0 Å². The molecule has 2 fully saturated rings. The summed E-state index contributed by atoms with van der Waals surface area (Å²) in [6.45, 7) is 7.85. The van der Waals surface area contributed by atoms with Crippen molar-refractivity contribution in [1.29, 1.82) is 0 Å². The summed E-state index contributed by atoms with van der Waals surface area (Å²) in [5, 5.41) is 0. The average molecular weight is 412 g/mol. The van der Waals surface area contributed by atoms with Gasteiger partial charge in [-0.05, 0) is 39.3 Å². The van der Waals surface area contributed by atoms with Crippen LogP contribution in [-0.2, 0) is 0 Å². The fourth-order valence-corrected chi connectivity index (χ4v) is 3.70. The monoisotopic (exact) mass is 412 g/mol. The Balaban J connectivity index is 0.00000200. The van der Waals surface area contributed by atoms with Gasteiger partial charge in [-0.25, -0.2) is 0 Å². The van der Waals surface area contributed by atoms with E-state index in [0.29, 0.717) is 6.04 Å². The van der Waals surface area contributed by atoms with Crippen LogP contribution in [0.15, 0.2) is 4.99 Å². The van der Waals surface area contributed by atoms with Crippen LogP contribution in [0.25, 0.3) is 0 Å². The number of likely N-dealkylation sites (tertiary alicyclic amines) is 1. The van der Waals surface area contributed by atoms with Gasteiger partial charge in [-0.3, -0.25) is 4.99 Å². The molecule has 0 aromatic rings. The van der Waals surface area contributed by atoms with Crippen LogP contribution in [0.4, 0.5) is 0 Å². The molecule has 1 atom stereocenters. The lowest BCUT2D eigenvalue weighted by Gasteiger charge is -2.32. The minimum atomic E-state index is 0. The van der Waals surface area contributed by atoms with E-state index in [0.717, 1.165) is 32.0 Å². The van der Waals surface area contributed by atoms with Gasteiger partial charge in [0.05, 0.1) is 0 Å². The maximum absolute atomic E-state index is 6.07. The molecule has 0 radical (unpaired) electrons. The third-order valence-electron chi connectivity index (χ3n) is 4.17. The van der Waals surface area contributed by atoms with Crippen LogP contribution in [0.2, 0.25) is 0 Å².